The fourth-order valence-corrected chi connectivity index (χ4v) is 2.81. The Kier molecular flexibility index (Phi) is 5.54. The van der Waals surface area contributed by atoms with E-state index in [0.29, 0.717) is 6.10 Å². The molecule has 0 saturated carbocycles. The second-order valence-corrected chi connectivity index (χ2v) is 5.91. The summed E-state index contributed by atoms with van der Waals surface area (Å²) in [6, 6.07) is 8.85. The van der Waals surface area contributed by atoms with Gasteiger partial charge in [0.2, 0.25) is 0 Å². The Balaban J connectivity index is 1.80. The van der Waals surface area contributed by atoms with E-state index in [9.17, 15) is 0 Å². The van der Waals surface area contributed by atoms with Gasteiger partial charge >= 0.3 is 0 Å². The van der Waals surface area contributed by atoms with Crippen LogP contribution in [0.1, 0.15) is 24.8 Å². The Morgan fingerprint density at radius 1 is 1.28 bits per heavy atom. The highest BCUT2D eigenvalue weighted by Gasteiger charge is 2.15. The number of thioether (sulfide) groups is 1. The van der Waals surface area contributed by atoms with Gasteiger partial charge in [0, 0.05) is 24.6 Å². The highest BCUT2D eigenvalue weighted by Crippen LogP contribution is 2.17. The van der Waals surface area contributed by atoms with Crippen LogP contribution in [0.15, 0.2) is 29.2 Å². The van der Waals surface area contributed by atoms with Gasteiger partial charge in [0.15, 0.2) is 0 Å². The van der Waals surface area contributed by atoms with Crippen molar-refractivity contribution < 1.29 is 4.74 Å². The van der Waals surface area contributed by atoms with E-state index >= 15 is 0 Å². The van der Waals surface area contributed by atoms with Gasteiger partial charge in [-0.05, 0) is 50.3 Å². The third-order valence-corrected chi connectivity index (χ3v) is 4.14. The van der Waals surface area contributed by atoms with E-state index in [1.165, 1.54) is 29.7 Å². The molecule has 1 aliphatic rings. The van der Waals surface area contributed by atoms with Crippen molar-refractivity contribution in [2.45, 2.75) is 36.8 Å². The second-order valence-electron chi connectivity index (χ2n) is 5.03. The van der Waals surface area contributed by atoms with Gasteiger partial charge in [-0.3, -0.25) is 4.90 Å². The topological polar surface area (TPSA) is 12.5 Å². The first kappa shape index (κ1) is 13.9. The van der Waals surface area contributed by atoms with Gasteiger partial charge < -0.3 is 4.74 Å². The molecule has 1 aliphatic heterocycles. The molecular formula is C15H23NOS. The van der Waals surface area contributed by atoms with Gasteiger partial charge in [0.05, 0.1) is 6.10 Å². The zero-order valence-electron chi connectivity index (χ0n) is 11.4. The molecule has 0 radical (unpaired) electrons. The predicted molar refractivity (Wildman–Crippen MR) is 78.1 cm³/mol. The highest BCUT2D eigenvalue weighted by molar-refractivity contribution is 7.98. The molecule has 1 aromatic rings. The number of likely N-dealkylation sites (N-methyl/N-ethyl adjacent to an activating group) is 1. The van der Waals surface area contributed by atoms with Crippen LogP contribution in [0.2, 0.25) is 0 Å². The maximum Gasteiger partial charge on any atom is 0.0702 e. The Bertz CT molecular complexity index is 346. The number of benzene rings is 1. The molecule has 2 nitrogen and oxygen atoms in total. The van der Waals surface area contributed by atoms with Gasteiger partial charge in [-0.25, -0.2) is 0 Å². The van der Waals surface area contributed by atoms with Crippen molar-refractivity contribution in [2.24, 2.45) is 0 Å². The van der Waals surface area contributed by atoms with Crippen LogP contribution in [0.25, 0.3) is 0 Å². The van der Waals surface area contributed by atoms with Crippen molar-refractivity contribution in [2.75, 3.05) is 26.5 Å². The van der Waals surface area contributed by atoms with E-state index in [4.69, 9.17) is 4.74 Å². The Hall–Kier alpha value is -0.510. The van der Waals surface area contributed by atoms with Crippen LogP contribution < -0.4 is 0 Å². The van der Waals surface area contributed by atoms with Crippen LogP contribution in [0.5, 0.6) is 0 Å². The molecule has 1 heterocycles. The minimum Gasteiger partial charge on any atom is -0.377 e. The lowest BCUT2D eigenvalue weighted by molar-refractivity contribution is -0.00259. The minimum atomic E-state index is 0.439. The van der Waals surface area contributed by atoms with E-state index in [0.717, 1.165) is 19.7 Å². The van der Waals surface area contributed by atoms with Crippen molar-refractivity contribution >= 4 is 11.8 Å². The average Bonchev–Trinajstić information content (AvgIpc) is 2.40. The molecule has 1 aromatic carbocycles. The summed E-state index contributed by atoms with van der Waals surface area (Å²) in [4.78, 5) is 3.70. The van der Waals surface area contributed by atoms with E-state index in [1.807, 2.05) is 0 Å². The van der Waals surface area contributed by atoms with Gasteiger partial charge in [0.25, 0.3) is 0 Å². The maximum absolute atomic E-state index is 5.78. The molecule has 2 rings (SSSR count). The molecule has 1 fully saturated rings. The summed E-state index contributed by atoms with van der Waals surface area (Å²) in [5.41, 5.74) is 1.38. The molecule has 0 unspecified atom stereocenters. The van der Waals surface area contributed by atoms with Crippen LogP contribution in [0, 0.1) is 0 Å². The first-order valence-electron chi connectivity index (χ1n) is 6.71. The summed E-state index contributed by atoms with van der Waals surface area (Å²) in [6.07, 6.45) is 6.32. The fraction of sp³-hybridized carbons (Fsp3) is 0.600. The fourth-order valence-electron chi connectivity index (χ4n) is 2.41. The third-order valence-electron chi connectivity index (χ3n) is 3.40. The summed E-state index contributed by atoms with van der Waals surface area (Å²) >= 11 is 1.79. The predicted octanol–water partition coefficient (Wildman–Crippen LogP) is 3.41. The van der Waals surface area contributed by atoms with Gasteiger partial charge in [-0.15, -0.1) is 11.8 Å². The summed E-state index contributed by atoms with van der Waals surface area (Å²) in [7, 11) is 2.18. The lowest BCUT2D eigenvalue weighted by Crippen LogP contribution is -2.33. The van der Waals surface area contributed by atoms with Crippen molar-refractivity contribution in [3.05, 3.63) is 29.8 Å². The summed E-state index contributed by atoms with van der Waals surface area (Å²) in [6.45, 7) is 3.00. The largest absolute Gasteiger partial charge is 0.377 e. The van der Waals surface area contributed by atoms with Gasteiger partial charge in [-0.2, -0.15) is 0 Å². The lowest BCUT2D eigenvalue weighted by atomic mass is 10.1. The number of hydrogen-bond donors (Lipinski definition) is 0. The number of rotatable bonds is 5. The Morgan fingerprint density at radius 2 is 2.06 bits per heavy atom. The molecule has 0 aliphatic carbocycles. The maximum atomic E-state index is 5.78. The van der Waals surface area contributed by atoms with E-state index in [2.05, 4.69) is 42.5 Å². The summed E-state index contributed by atoms with van der Waals surface area (Å²) in [5, 5.41) is 0. The van der Waals surface area contributed by atoms with Crippen LogP contribution in [-0.4, -0.2) is 37.5 Å². The standard InChI is InChI=1S/C15H23NOS/c1-16(12-14-5-3-4-10-17-14)11-13-6-8-15(18-2)9-7-13/h6-9,14H,3-5,10-12H2,1-2H3/t14-/m1/s1. The molecule has 18 heavy (non-hydrogen) atoms. The highest BCUT2D eigenvalue weighted by atomic mass is 32.2. The SMILES string of the molecule is CSc1ccc(CN(C)C[C@H]2CCCCO2)cc1. The Morgan fingerprint density at radius 3 is 2.67 bits per heavy atom. The molecule has 1 atom stereocenters. The molecule has 1 saturated heterocycles. The van der Waals surface area contributed by atoms with Crippen molar-refractivity contribution in [1.29, 1.82) is 0 Å². The zero-order valence-corrected chi connectivity index (χ0v) is 12.2. The minimum absolute atomic E-state index is 0.439. The van der Waals surface area contributed by atoms with Gasteiger partial charge in [0.1, 0.15) is 0 Å². The van der Waals surface area contributed by atoms with Gasteiger partial charge in [-0.1, -0.05) is 12.1 Å². The lowest BCUT2D eigenvalue weighted by Gasteiger charge is -2.27. The quantitative estimate of drug-likeness (QED) is 0.757. The normalized spacial score (nSPS) is 20.3. The smallest absolute Gasteiger partial charge is 0.0702 e. The number of ether oxygens (including phenoxy) is 1. The molecule has 0 amide bonds. The number of nitrogens with zero attached hydrogens (tertiary/aromatic N) is 1. The first-order valence-corrected chi connectivity index (χ1v) is 7.93. The van der Waals surface area contributed by atoms with E-state index in [1.54, 1.807) is 11.8 Å². The van der Waals surface area contributed by atoms with Crippen LogP contribution in [0.4, 0.5) is 0 Å². The summed E-state index contributed by atoms with van der Waals surface area (Å²) in [5.74, 6) is 0. The second kappa shape index (κ2) is 7.17. The molecule has 3 heteroatoms. The molecule has 0 spiro atoms. The van der Waals surface area contributed by atoms with Crippen molar-refractivity contribution in [3.8, 4) is 0 Å². The van der Waals surface area contributed by atoms with E-state index in [-0.39, 0.29) is 0 Å². The monoisotopic (exact) mass is 265 g/mol. The molecule has 100 valence electrons. The molecule has 0 N–H and O–H groups in total. The molecule has 0 aromatic heterocycles. The van der Waals surface area contributed by atoms with Crippen molar-refractivity contribution in [3.63, 3.8) is 0 Å². The average molecular weight is 265 g/mol. The van der Waals surface area contributed by atoms with E-state index < -0.39 is 0 Å². The molecular weight excluding hydrogens is 242 g/mol. The molecule has 0 bridgehead atoms. The zero-order chi connectivity index (χ0) is 12.8. The van der Waals surface area contributed by atoms with Crippen LogP contribution in [-0.2, 0) is 11.3 Å². The van der Waals surface area contributed by atoms with Crippen LogP contribution in [0.3, 0.4) is 0 Å². The van der Waals surface area contributed by atoms with Crippen molar-refractivity contribution in [1.82, 2.24) is 4.90 Å². The first-order chi connectivity index (χ1) is 8.78. The summed E-state index contributed by atoms with van der Waals surface area (Å²) < 4.78 is 5.78. The van der Waals surface area contributed by atoms with Crippen LogP contribution >= 0.6 is 11.8 Å². The Labute approximate surface area is 115 Å². The third kappa shape index (κ3) is 4.30. The number of hydrogen-bond acceptors (Lipinski definition) is 3.